The zero-order valence-corrected chi connectivity index (χ0v) is 21.5. The van der Waals surface area contributed by atoms with Gasteiger partial charge in [0, 0.05) is 0 Å². The van der Waals surface area contributed by atoms with Crippen LogP contribution in [0.15, 0.2) is 36.4 Å². The average Bonchev–Trinajstić information content (AvgIpc) is 2.75. The largest absolute Gasteiger partial charge is 0.505 e. The molecule has 0 saturated heterocycles. The number of phenols is 1. The summed E-state index contributed by atoms with van der Waals surface area (Å²) >= 11 is 0. The first-order valence-electron chi connectivity index (χ1n) is 12.4. The van der Waals surface area contributed by atoms with Gasteiger partial charge in [0.2, 0.25) is 0 Å². The Morgan fingerprint density at radius 2 is 1.62 bits per heavy atom. The molecule has 4 heteroatoms. The number of hydrogen-bond acceptors (Lipinski definition) is 2. The Morgan fingerprint density at radius 1 is 1.00 bits per heavy atom. The molecule has 2 N–H and O–H groups in total. The van der Waals surface area contributed by atoms with Crippen molar-refractivity contribution in [1.29, 1.82) is 0 Å². The van der Waals surface area contributed by atoms with E-state index in [1.165, 1.54) is 50.2 Å². The van der Waals surface area contributed by atoms with Crippen LogP contribution in [0.25, 0.3) is 11.1 Å². The maximum Gasteiger partial charge on any atom is 0.188 e. The lowest BCUT2D eigenvalue weighted by Crippen LogP contribution is -2.39. The number of benzene rings is 2. The molecule has 1 aliphatic carbocycles. The van der Waals surface area contributed by atoms with Gasteiger partial charge in [0.15, 0.2) is 19.9 Å². The first-order valence-corrected chi connectivity index (χ1v) is 15.3. The Kier molecular flexibility index (Phi) is 7.88. The minimum Gasteiger partial charge on any atom is -0.505 e. The molecule has 176 valence electrons. The highest BCUT2D eigenvalue weighted by molar-refractivity contribution is 6.72. The van der Waals surface area contributed by atoms with Gasteiger partial charge in [-0.3, -0.25) is 0 Å². The molecule has 0 aliphatic heterocycles. The number of aromatic hydroxyl groups is 1. The van der Waals surface area contributed by atoms with Crippen LogP contribution in [-0.4, -0.2) is 18.2 Å². The van der Waals surface area contributed by atoms with Gasteiger partial charge in [-0.15, -0.1) is 0 Å². The van der Waals surface area contributed by atoms with Crippen molar-refractivity contribution in [2.24, 2.45) is 5.92 Å². The highest BCUT2D eigenvalue weighted by Gasteiger charge is 2.37. The van der Waals surface area contributed by atoms with Crippen LogP contribution in [0.5, 0.6) is 5.75 Å². The third-order valence-electron chi connectivity index (χ3n) is 8.08. The topological polar surface area (TPSA) is 40.5 Å². The van der Waals surface area contributed by atoms with Crippen molar-refractivity contribution in [3.8, 4) is 16.9 Å². The van der Waals surface area contributed by atoms with E-state index in [-0.39, 0.29) is 10.8 Å². The molecule has 1 fully saturated rings. The maximum absolute atomic E-state index is 14.6. The molecular weight excluding hydrogens is 415 g/mol. The van der Waals surface area contributed by atoms with Gasteiger partial charge in [-0.2, -0.15) is 0 Å². The molecule has 0 unspecified atom stereocenters. The van der Waals surface area contributed by atoms with Crippen LogP contribution in [-0.2, 0) is 6.42 Å². The van der Waals surface area contributed by atoms with Crippen molar-refractivity contribution in [2.75, 3.05) is 0 Å². The van der Waals surface area contributed by atoms with Crippen LogP contribution < -0.4 is 0 Å². The van der Waals surface area contributed by atoms with E-state index in [1.54, 1.807) is 0 Å². The highest BCUT2D eigenvalue weighted by Crippen LogP contribution is 2.42. The molecular formula is C28H41FO2Si. The summed E-state index contributed by atoms with van der Waals surface area (Å²) in [5.74, 6) is 0.701. The summed E-state index contributed by atoms with van der Waals surface area (Å²) in [5, 5.41) is 10.1. The first-order chi connectivity index (χ1) is 15.0. The monoisotopic (exact) mass is 456 g/mol. The van der Waals surface area contributed by atoms with Crippen molar-refractivity contribution >= 4 is 8.32 Å². The standard InChI is InChI=1S/C28H41FO2Si/c1-6-7-20-8-10-21(11-9-20)22-12-14-23(15-13-22)25-18-24(27(30)26(29)19-25)16-17-28(2,3)32(4,5)31/h12-15,18-21,30-31H,6-11,16-17H2,1-5H3. The molecule has 2 aromatic rings. The predicted octanol–water partition coefficient (Wildman–Crippen LogP) is 8.18. The molecule has 2 aromatic carbocycles. The maximum atomic E-state index is 14.6. The Bertz CT molecular complexity index is 891. The molecule has 0 amide bonds. The van der Waals surface area contributed by atoms with Gasteiger partial charge in [-0.25, -0.2) is 4.39 Å². The van der Waals surface area contributed by atoms with Crippen molar-refractivity contribution in [3.63, 3.8) is 0 Å². The number of hydrogen-bond donors (Lipinski definition) is 2. The molecule has 0 spiro atoms. The minimum atomic E-state index is -2.35. The second-order valence-corrected chi connectivity index (χ2v) is 15.5. The molecule has 0 heterocycles. The van der Waals surface area contributed by atoms with Crippen LogP contribution in [0, 0.1) is 11.7 Å². The zero-order valence-electron chi connectivity index (χ0n) is 20.5. The van der Waals surface area contributed by atoms with Crippen LogP contribution in [0.2, 0.25) is 18.1 Å². The molecule has 0 aromatic heterocycles. The smallest absolute Gasteiger partial charge is 0.188 e. The van der Waals surface area contributed by atoms with E-state index in [4.69, 9.17) is 0 Å². The molecule has 1 aliphatic rings. The number of aryl methyl sites for hydroxylation is 1. The summed E-state index contributed by atoms with van der Waals surface area (Å²) in [6, 6.07) is 11.9. The Hall–Kier alpha value is -1.65. The fraction of sp³-hybridized carbons (Fsp3) is 0.571. The lowest BCUT2D eigenvalue weighted by Gasteiger charge is -2.35. The SMILES string of the molecule is CCCC1CCC(c2ccc(-c3cc(F)c(O)c(CCC(C)(C)[Si](C)(C)O)c3)cc2)CC1. The molecule has 1 saturated carbocycles. The summed E-state index contributed by atoms with van der Waals surface area (Å²) < 4.78 is 14.6. The van der Waals surface area contributed by atoms with Gasteiger partial charge in [0.1, 0.15) is 0 Å². The minimum absolute atomic E-state index is 0.219. The fourth-order valence-corrected chi connectivity index (χ4v) is 5.64. The van der Waals surface area contributed by atoms with Crippen molar-refractivity contribution in [2.45, 2.75) is 96.2 Å². The lowest BCUT2D eigenvalue weighted by atomic mass is 9.77. The highest BCUT2D eigenvalue weighted by atomic mass is 28.4. The van der Waals surface area contributed by atoms with E-state index in [2.05, 4.69) is 45.0 Å². The van der Waals surface area contributed by atoms with Crippen LogP contribution in [0.1, 0.15) is 82.8 Å². The van der Waals surface area contributed by atoms with Gasteiger partial charge in [-0.1, -0.05) is 57.9 Å². The number of rotatable bonds is 8. The molecule has 0 atom stereocenters. The summed E-state index contributed by atoms with van der Waals surface area (Å²) in [6.45, 7) is 10.3. The third kappa shape index (κ3) is 5.82. The Morgan fingerprint density at radius 3 is 2.19 bits per heavy atom. The summed E-state index contributed by atoms with van der Waals surface area (Å²) in [6.07, 6.45) is 9.08. The molecule has 0 radical (unpaired) electrons. The summed E-state index contributed by atoms with van der Waals surface area (Å²) in [5.41, 5.74) is 3.78. The molecule has 3 rings (SSSR count). The summed E-state index contributed by atoms with van der Waals surface area (Å²) in [7, 11) is -2.35. The van der Waals surface area contributed by atoms with E-state index in [1.807, 2.05) is 19.2 Å². The second kappa shape index (κ2) is 10.1. The zero-order chi connectivity index (χ0) is 23.5. The van der Waals surface area contributed by atoms with E-state index in [0.29, 0.717) is 24.3 Å². The summed E-state index contributed by atoms with van der Waals surface area (Å²) in [4.78, 5) is 10.6. The van der Waals surface area contributed by atoms with E-state index >= 15 is 0 Å². The first kappa shape index (κ1) is 25.0. The predicted molar refractivity (Wildman–Crippen MR) is 135 cm³/mol. The van der Waals surface area contributed by atoms with Gasteiger partial charge < -0.3 is 9.90 Å². The normalized spacial score (nSPS) is 19.8. The van der Waals surface area contributed by atoms with Crippen molar-refractivity contribution in [3.05, 3.63) is 53.3 Å². The third-order valence-corrected chi connectivity index (χ3v) is 11.6. The van der Waals surface area contributed by atoms with E-state index in [0.717, 1.165) is 17.0 Å². The van der Waals surface area contributed by atoms with Crippen molar-refractivity contribution in [1.82, 2.24) is 0 Å². The average molecular weight is 457 g/mol. The van der Waals surface area contributed by atoms with E-state index in [9.17, 15) is 14.3 Å². The number of phenolic OH excluding ortho intramolecular Hbond substituents is 1. The molecule has 0 bridgehead atoms. The van der Waals surface area contributed by atoms with Gasteiger partial charge >= 0.3 is 0 Å². The van der Waals surface area contributed by atoms with Crippen LogP contribution >= 0.6 is 0 Å². The van der Waals surface area contributed by atoms with Gasteiger partial charge in [0.05, 0.1) is 0 Å². The molecule has 32 heavy (non-hydrogen) atoms. The Labute approximate surface area is 195 Å². The van der Waals surface area contributed by atoms with Gasteiger partial charge in [-0.05, 0) is 103 Å². The number of halogens is 1. The fourth-order valence-electron chi connectivity index (χ4n) is 4.91. The van der Waals surface area contributed by atoms with Gasteiger partial charge in [0.25, 0.3) is 0 Å². The van der Waals surface area contributed by atoms with E-state index < -0.39 is 14.1 Å². The second-order valence-electron chi connectivity index (χ2n) is 11.0. The van der Waals surface area contributed by atoms with Crippen molar-refractivity contribution < 1.29 is 14.3 Å². The lowest BCUT2D eigenvalue weighted by molar-refractivity contribution is 0.308. The Balaban J connectivity index is 1.74. The van der Waals surface area contributed by atoms with Crippen LogP contribution in [0.3, 0.4) is 0 Å². The van der Waals surface area contributed by atoms with Crippen LogP contribution in [0.4, 0.5) is 4.39 Å². The quantitative estimate of drug-likeness (QED) is 0.393. The molecule has 2 nitrogen and oxygen atoms in total.